The van der Waals surface area contributed by atoms with Crippen LogP contribution in [0.1, 0.15) is 35.2 Å². The Hall–Kier alpha value is -1.10. The lowest BCUT2D eigenvalue weighted by molar-refractivity contribution is -0.0383. The van der Waals surface area contributed by atoms with Gasteiger partial charge in [-0.1, -0.05) is 18.0 Å². The molecule has 3 atom stereocenters. The van der Waals surface area contributed by atoms with E-state index in [0.717, 1.165) is 24.8 Å². The molecule has 1 aromatic rings. The number of hydrogen-bond acceptors (Lipinski definition) is 3. The lowest BCUT2D eigenvalue weighted by atomic mass is 9.93. The van der Waals surface area contributed by atoms with Crippen molar-refractivity contribution in [2.24, 2.45) is 5.92 Å². The molecule has 22 heavy (non-hydrogen) atoms. The van der Waals surface area contributed by atoms with Crippen LogP contribution in [-0.2, 0) is 4.74 Å². The van der Waals surface area contributed by atoms with Gasteiger partial charge < -0.3 is 14.7 Å². The average Bonchev–Trinajstić information content (AvgIpc) is 2.95. The summed E-state index contributed by atoms with van der Waals surface area (Å²) in [4.78, 5) is 14.8. The molecule has 1 amide bonds. The largest absolute Gasteiger partial charge is 0.393 e. The first-order valence-corrected chi connectivity index (χ1v) is 8.28. The minimum Gasteiger partial charge on any atom is -0.393 e. The third kappa shape index (κ3) is 3.00. The van der Waals surface area contributed by atoms with Crippen LogP contribution in [0, 0.1) is 12.8 Å². The van der Waals surface area contributed by atoms with Crippen molar-refractivity contribution in [1.82, 2.24) is 4.90 Å². The zero-order chi connectivity index (χ0) is 15.7. The topological polar surface area (TPSA) is 49.8 Å². The summed E-state index contributed by atoms with van der Waals surface area (Å²) in [5.41, 5.74) is 1.56. The quantitative estimate of drug-likeness (QED) is 0.910. The highest BCUT2D eigenvalue weighted by Gasteiger charge is 2.39. The third-order valence-electron chi connectivity index (χ3n) is 4.86. The molecule has 1 saturated carbocycles. The monoisotopic (exact) mass is 323 g/mol. The molecule has 1 aromatic carbocycles. The average molecular weight is 324 g/mol. The summed E-state index contributed by atoms with van der Waals surface area (Å²) in [6.07, 6.45) is 2.47. The predicted octanol–water partition coefficient (Wildman–Crippen LogP) is 2.65. The molecule has 1 aliphatic carbocycles. The summed E-state index contributed by atoms with van der Waals surface area (Å²) >= 11 is 6.04. The van der Waals surface area contributed by atoms with E-state index < -0.39 is 0 Å². The number of nitrogens with zero attached hydrogens (tertiary/aromatic N) is 1. The van der Waals surface area contributed by atoms with Crippen LogP contribution in [0.5, 0.6) is 0 Å². The Morgan fingerprint density at radius 1 is 1.41 bits per heavy atom. The van der Waals surface area contributed by atoms with E-state index in [2.05, 4.69) is 0 Å². The minimum atomic E-state index is -0.325. The van der Waals surface area contributed by atoms with Gasteiger partial charge in [-0.25, -0.2) is 0 Å². The zero-order valence-corrected chi connectivity index (χ0v) is 13.6. The molecule has 1 heterocycles. The number of ether oxygens (including phenoxy) is 1. The zero-order valence-electron chi connectivity index (χ0n) is 12.8. The van der Waals surface area contributed by atoms with Crippen molar-refractivity contribution in [2.45, 2.75) is 38.3 Å². The number of aliphatic hydroxyl groups excluding tert-OH is 1. The normalized spacial score (nSPS) is 28.9. The number of benzene rings is 1. The van der Waals surface area contributed by atoms with Crippen LogP contribution in [0.2, 0.25) is 5.02 Å². The summed E-state index contributed by atoms with van der Waals surface area (Å²) in [5.74, 6) is 0.129. The molecule has 3 rings (SSSR count). The molecule has 120 valence electrons. The number of amides is 1. The van der Waals surface area contributed by atoms with Crippen molar-refractivity contribution >= 4 is 17.5 Å². The fourth-order valence-corrected chi connectivity index (χ4v) is 3.71. The Morgan fingerprint density at radius 2 is 2.23 bits per heavy atom. The Bertz CT molecular complexity index is 563. The third-order valence-corrected chi connectivity index (χ3v) is 5.28. The van der Waals surface area contributed by atoms with Gasteiger partial charge in [0.05, 0.1) is 25.4 Å². The number of hydrogen-bond donors (Lipinski definition) is 1. The van der Waals surface area contributed by atoms with Gasteiger partial charge in [-0.3, -0.25) is 4.79 Å². The van der Waals surface area contributed by atoms with Crippen LogP contribution in [0.4, 0.5) is 0 Å². The van der Waals surface area contributed by atoms with Crippen molar-refractivity contribution in [3.63, 3.8) is 0 Å². The number of carbonyl (C=O) groups is 1. The standard InChI is InChI=1S/C17H22ClNO3/c1-11-9-12(5-6-14(11)18)17(21)19-7-8-22-10-15(19)13-3-2-4-16(13)20/h5-6,9,13,15-16,20H,2-4,7-8,10H2,1H3/t13-,15-,16+/m1/s1. The molecule has 0 unspecified atom stereocenters. The van der Waals surface area contributed by atoms with Crippen LogP contribution in [0.15, 0.2) is 18.2 Å². The Kier molecular flexibility index (Phi) is 4.71. The highest BCUT2D eigenvalue weighted by atomic mass is 35.5. The highest BCUT2D eigenvalue weighted by Crippen LogP contribution is 2.33. The second kappa shape index (κ2) is 6.57. The van der Waals surface area contributed by atoms with E-state index >= 15 is 0 Å². The first kappa shape index (κ1) is 15.8. The van der Waals surface area contributed by atoms with Crippen LogP contribution < -0.4 is 0 Å². The van der Waals surface area contributed by atoms with Crippen molar-refractivity contribution < 1.29 is 14.6 Å². The number of morpholine rings is 1. The molecular formula is C17H22ClNO3. The Balaban J connectivity index is 1.83. The fraction of sp³-hybridized carbons (Fsp3) is 0.588. The lowest BCUT2D eigenvalue weighted by Gasteiger charge is -2.40. The maximum Gasteiger partial charge on any atom is 0.254 e. The van der Waals surface area contributed by atoms with E-state index in [-0.39, 0.29) is 24.0 Å². The first-order chi connectivity index (χ1) is 10.6. The summed E-state index contributed by atoms with van der Waals surface area (Å²) in [5, 5.41) is 10.8. The van der Waals surface area contributed by atoms with Crippen LogP contribution in [0.25, 0.3) is 0 Å². The SMILES string of the molecule is Cc1cc(C(=O)N2CCOC[C@@H]2[C@H]2CCC[C@@H]2O)ccc1Cl. The van der Waals surface area contributed by atoms with Gasteiger partial charge in [-0.15, -0.1) is 0 Å². The second-order valence-corrected chi connectivity index (χ2v) is 6.67. The molecule has 1 N–H and O–H groups in total. The van der Waals surface area contributed by atoms with Crippen LogP contribution in [0.3, 0.4) is 0 Å². The highest BCUT2D eigenvalue weighted by molar-refractivity contribution is 6.31. The number of aryl methyl sites for hydroxylation is 1. The Labute approximate surface area is 136 Å². The van der Waals surface area contributed by atoms with Gasteiger partial charge in [-0.2, -0.15) is 0 Å². The number of rotatable bonds is 2. The molecule has 1 saturated heterocycles. The van der Waals surface area contributed by atoms with Gasteiger partial charge >= 0.3 is 0 Å². The van der Waals surface area contributed by atoms with Gasteiger partial charge in [0.2, 0.25) is 0 Å². The molecule has 1 aliphatic heterocycles. The molecular weight excluding hydrogens is 302 g/mol. The van der Waals surface area contributed by atoms with Crippen molar-refractivity contribution in [1.29, 1.82) is 0 Å². The molecule has 2 fully saturated rings. The minimum absolute atomic E-state index is 0.00664. The molecule has 4 nitrogen and oxygen atoms in total. The number of aliphatic hydroxyl groups is 1. The molecule has 0 spiro atoms. The second-order valence-electron chi connectivity index (χ2n) is 6.27. The summed E-state index contributed by atoms with van der Waals surface area (Å²) in [6, 6.07) is 5.34. The maximum absolute atomic E-state index is 12.9. The number of carbonyl (C=O) groups excluding carboxylic acids is 1. The predicted molar refractivity (Wildman–Crippen MR) is 85.2 cm³/mol. The van der Waals surface area contributed by atoms with E-state index in [1.807, 2.05) is 17.9 Å². The van der Waals surface area contributed by atoms with Crippen molar-refractivity contribution in [2.75, 3.05) is 19.8 Å². The van der Waals surface area contributed by atoms with E-state index in [4.69, 9.17) is 16.3 Å². The van der Waals surface area contributed by atoms with Gasteiger partial charge in [0.1, 0.15) is 0 Å². The first-order valence-electron chi connectivity index (χ1n) is 7.91. The van der Waals surface area contributed by atoms with Gasteiger partial charge in [0.25, 0.3) is 5.91 Å². The lowest BCUT2D eigenvalue weighted by Crippen LogP contribution is -2.53. The molecule has 0 bridgehead atoms. The van der Waals surface area contributed by atoms with Gasteiger partial charge in [0.15, 0.2) is 0 Å². The van der Waals surface area contributed by atoms with Gasteiger partial charge in [0, 0.05) is 23.0 Å². The van der Waals surface area contributed by atoms with Gasteiger partial charge in [-0.05, 0) is 43.5 Å². The van der Waals surface area contributed by atoms with Crippen LogP contribution in [-0.4, -0.2) is 47.8 Å². The van der Waals surface area contributed by atoms with Crippen molar-refractivity contribution in [3.8, 4) is 0 Å². The molecule has 0 aromatic heterocycles. The smallest absolute Gasteiger partial charge is 0.254 e. The van der Waals surface area contributed by atoms with E-state index in [0.29, 0.717) is 30.3 Å². The Morgan fingerprint density at radius 3 is 2.91 bits per heavy atom. The summed E-state index contributed by atoms with van der Waals surface area (Å²) in [7, 11) is 0. The molecule has 2 aliphatic rings. The van der Waals surface area contributed by atoms with E-state index in [9.17, 15) is 9.90 Å². The van der Waals surface area contributed by atoms with Crippen LogP contribution >= 0.6 is 11.6 Å². The van der Waals surface area contributed by atoms with E-state index in [1.165, 1.54) is 0 Å². The molecule has 0 radical (unpaired) electrons. The van der Waals surface area contributed by atoms with E-state index in [1.54, 1.807) is 12.1 Å². The fourth-order valence-electron chi connectivity index (χ4n) is 3.59. The molecule has 5 heteroatoms. The number of halogens is 1. The van der Waals surface area contributed by atoms with Crippen molar-refractivity contribution in [3.05, 3.63) is 34.3 Å². The summed E-state index contributed by atoms with van der Waals surface area (Å²) in [6.45, 7) is 3.54. The summed E-state index contributed by atoms with van der Waals surface area (Å²) < 4.78 is 5.58. The maximum atomic E-state index is 12.9.